The van der Waals surface area contributed by atoms with Gasteiger partial charge in [0.05, 0.1) is 0 Å². The second kappa shape index (κ2) is 7.13. The van der Waals surface area contributed by atoms with E-state index in [0.717, 1.165) is 0 Å². The first-order valence-electron chi connectivity index (χ1n) is 7.83. The molecule has 1 unspecified atom stereocenters. The number of primary amides is 2. The number of amides is 2. The zero-order valence-corrected chi connectivity index (χ0v) is 14.0. The van der Waals surface area contributed by atoms with Crippen molar-refractivity contribution in [2.75, 3.05) is 23.8 Å². The zero-order chi connectivity index (χ0) is 18.7. The van der Waals surface area contributed by atoms with E-state index in [0.29, 0.717) is 30.4 Å². The quantitative estimate of drug-likeness (QED) is 0.577. The predicted octanol–water partition coefficient (Wildman–Crippen LogP) is 0.376. The van der Waals surface area contributed by atoms with Crippen LogP contribution in [-0.4, -0.2) is 41.0 Å². The van der Waals surface area contributed by atoms with Crippen LogP contribution in [0.15, 0.2) is 24.4 Å². The number of nitrogens with two attached hydrogens (primary N) is 2. The van der Waals surface area contributed by atoms with Crippen molar-refractivity contribution in [2.24, 2.45) is 11.5 Å². The van der Waals surface area contributed by atoms with Gasteiger partial charge in [0, 0.05) is 18.0 Å². The van der Waals surface area contributed by atoms with Gasteiger partial charge >= 0.3 is 0 Å². The monoisotopic (exact) mass is 358 g/mol. The Kier molecular flexibility index (Phi) is 4.74. The minimum absolute atomic E-state index is 0.0946. The van der Waals surface area contributed by atoms with E-state index < -0.39 is 17.9 Å². The number of carbonyl (C=O) groups excluding carboxylic acids is 2. The van der Waals surface area contributed by atoms with Crippen LogP contribution in [0.25, 0.3) is 0 Å². The number of hydrogen-bond donors (Lipinski definition) is 4. The highest BCUT2D eigenvalue weighted by Gasteiger charge is 2.17. The minimum atomic E-state index is -0.695. The van der Waals surface area contributed by atoms with Gasteiger partial charge < -0.3 is 31.6 Å². The van der Waals surface area contributed by atoms with E-state index in [9.17, 15) is 9.59 Å². The van der Waals surface area contributed by atoms with Crippen LogP contribution in [0.5, 0.6) is 11.5 Å². The third kappa shape index (κ3) is 3.74. The Balaban J connectivity index is 1.89. The molecule has 0 bridgehead atoms. The number of rotatable bonds is 6. The van der Waals surface area contributed by atoms with Crippen LogP contribution in [0.4, 0.5) is 17.5 Å². The van der Waals surface area contributed by atoms with Crippen molar-refractivity contribution in [3.05, 3.63) is 30.0 Å². The highest BCUT2D eigenvalue weighted by Crippen LogP contribution is 2.33. The first-order chi connectivity index (χ1) is 12.4. The summed E-state index contributed by atoms with van der Waals surface area (Å²) in [6.45, 7) is 2.52. The number of fused-ring (bicyclic) bond motifs is 1. The Morgan fingerprint density at radius 2 is 1.92 bits per heavy atom. The summed E-state index contributed by atoms with van der Waals surface area (Å²) < 4.78 is 11.0. The van der Waals surface area contributed by atoms with E-state index in [2.05, 4.69) is 20.6 Å². The summed E-state index contributed by atoms with van der Waals surface area (Å²) in [5, 5.41) is 5.75. The van der Waals surface area contributed by atoms with Crippen LogP contribution >= 0.6 is 0 Å². The summed E-state index contributed by atoms with van der Waals surface area (Å²) in [4.78, 5) is 31.0. The van der Waals surface area contributed by atoms with Gasteiger partial charge in [0.25, 0.3) is 5.91 Å². The Hall–Kier alpha value is -3.56. The molecule has 2 heterocycles. The van der Waals surface area contributed by atoms with Crippen LogP contribution in [0, 0.1) is 0 Å². The van der Waals surface area contributed by atoms with Crippen LogP contribution in [0.3, 0.4) is 0 Å². The number of hydrogen-bond acceptors (Lipinski definition) is 8. The minimum Gasteiger partial charge on any atom is -0.486 e. The lowest BCUT2D eigenvalue weighted by atomic mass is 10.2. The maximum absolute atomic E-state index is 11.6. The van der Waals surface area contributed by atoms with Crippen molar-refractivity contribution in [3.63, 3.8) is 0 Å². The summed E-state index contributed by atoms with van der Waals surface area (Å²) in [7, 11) is 0. The van der Waals surface area contributed by atoms with Crippen molar-refractivity contribution in [1.82, 2.24) is 9.97 Å². The molecule has 1 aliphatic heterocycles. The van der Waals surface area contributed by atoms with Gasteiger partial charge in [-0.3, -0.25) is 9.59 Å². The van der Waals surface area contributed by atoms with Crippen LogP contribution in [0.2, 0.25) is 0 Å². The molecule has 6 N–H and O–H groups in total. The average molecular weight is 358 g/mol. The Bertz CT molecular complexity index is 857. The lowest BCUT2D eigenvalue weighted by Crippen LogP contribution is -2.33. The van der Waals surface area contributed by atoms with E-state index >= 15 is 0 Å². The number of benzene rings is 1. The summed E-state index contributed by atoms with van der Waals surface area (Å²) >= 11 is 0. The highest BCUT2D eigenvalue weighted by atomic mass is 16.6. The molecule has 10 heteroatoms. The van der Waals surface area contributed by atoms with Gasteiger partial charge in [0.15, 0.2) is 11.5 Å². The maximum atomic E-state index is 11.6. The second-order valence-corrected chi connectivity index (χ2v) is 5.57. The molecule has 136 valence electrons. The van der Waals surface area contributed by atoms with E-state index in [1.165, 1.54) is 6.20 Å². The topological polar surface area (TPSA) is 154 Å². The molecular formula is C16H18N6O4. The molecule has 0 saturated heterocycles. The van der Waals surface area contributed by atoms with Crippen LogP contribution < -0.4 is 31.6 Å². The predicted molar refractivity (Wildman–Crippen MR) is 93.5 cm³/mol. The normalized spacial score (nSPS) is 13.6. The van der Waals surface area contributed by atoms with Crippen molar-refractivity contribution in [1.29, 1.82) is 0 Å². The van der Waals surface area contributed by atoms with Gasteiger partial charge in [-0.15, -0.1) is 0 Å². The molecule has 0 aliphatic carbocycles. The summed E-state index contributed by atoms with van der Waals surface area (Å²) in [6.07, 6.45) is 1.27. The molecule has 10 nitrogen and oxygen atoms in total. The Morgan fingerprint density at radius 1 is 1.19 bits per heavy atom. The largest absolute Gasteiger partial charge is 0.486 e. The van der Waals surface area contributed by atoms with Gasteiger partial charge in [-0.1, -0.05) is 0 Å². The first kappa shape index (κ1) is 17.3. The highest BCUT2D eigenvalue weighted by molar-refractivity contribution is 5.98. The number of nitrogens with zero attached hydrogens (tertiary/aromatic N) is 2. The molecule has 1 atom stereocenters. The van der Waals surface area contributed by atoms with E-state index in [-0.39, 0.29) is 17.3 Å². The SMILES string of the molecule is CC(Nc1ncc(C(N)=O)c(Nc2ccc3c(c2)OCCO3)n1)C(N)=O. The van der Waals surface area contributed by atoms with Gasteiger partial charge in [-0.25, -0.2) is 4.98 Å². The number of aromatic nitrogens is 2. The third-order valence-electron chi connectivity index (χ3n) is 3.63. The van der Waals surface area contributed by atoms with Gasteiger partial charge in [0.2, 0.25) is 11.9 Å². The van der Waals surface area contributed by atoms with E-state index in [4.69, 9.17) is 20.9 Å². The molecular weight excluding hydrogens is 340 g/mol. The molecule has 2 aromatic rings. The lowest BCUT2D eigenvalue weighted by Gasteiger charge is -2.19. The molecule has 1 aromatic heterocycles. The number of nitrogens with one attached hydrogen (secondary N) is 2. The average Bonchev–Trinajstić information content (AvgIpc) is 2.61. The van der Waals surface area contributed by atoms with E-state index in [1.54, 1.807) is 25.1 Å². The van der Waals surface area contributed by atoms with Crippen molar-refractivity contribution in [3.8, 4) is 11.5 Å². The fraction of sp³-hybridized carbons (Fsp3) is 0.250. The van der Waals surface area contributed by atoms with Gasteiger partial charge in [0.1, 0.15) is 30.6 Å². The van der Waals surface area contributed by atoms with Gasteiger partial charge in [-0.05, 0) is 19.1 Å². The molecule has 26 heavy (non-hydrogen) atoms. The summed E-state index contributed by atoms with van der Waals surface area (Å²) in [5.41, 5.74) is 11.3. The van der Waals surface area contributed by atoms with E-state index in [1.807, 2.05) is 0 Å². The van der Waals surface area contributed by atoms with Crippen molar-refractivity contribution >= 4 is 29.3 Å². The lowest BCUT2D eigenvalue weighted by molar-refractivity contribution is -0.118. The molecule has 2 amide bonds. The number of anilines is 3. The fourth-order valence-corrected chi connectivity index (χ4v) is 2.25. The fourth-order valence-electron chi connectivity index (χ4n) is 2.25. The number of carbonyl (C=O) groups is 2. The Morgan fingerprint density at radius 3 is 2.62 bits per heavy atom. The summed E-state index contributed by atoms with van der Waals surface area (Å²) in [6, 6.07) is 4.53. The molecule has 0 fully saturated rings. The second-order valence-electron chi connectivity index (χ2n) is 5.57. The Labute approximate surface area is 148 Å². The molecule has 1 aliphatic rings. The smallest absolute Gasteiger partial charge is 0.254 e. The van der Waals surface area contributed by atoms with Crippen molar-refractivity contribution < 1.29 is 19.1 Å². The maximum Gasteiger partial charge on any atom is 0.254 e. The van der Waals surface area contributed by atoms with Crippen LogP contribution in [-0.2, 0) is 4.79 Å². The van der Waals surface area contributed by atoms with Crippen LogP contribution in [0.1, 0.15) is 17.3 Å². The molecule has 1 aromatic carbocycles. The molecule has 0 spiro atoms. The van der Waals surface area contributed by atoms with Crippen molar-refractivity contribution in [2.45, 2.75) is 13.0 Å². The molecule has 0 saturated carbocycles. The number of ether oxygens (including phenoxy) is 2. The third-order valence-corrected chi connectivity index (χ3v) is 3.63. The molecule has 0 radical (unpaired) electrons. The standard InChI is InChI=1S/C16H18N6O4/c1-8(13(17)23)20-16-19-7-10(14(18)24)15(22-16)21-9-2-3-11-12(6-9)26-5-4-25-11/h2-3,6-8H,4-5H2,1H3,(H2,17,23)(H2,18,24)(H2,19,20,21,22). The van der Waals surface area contributed by atoms with Gasteiger partial charge in [-0.2, -0.15) is 4.98 Å². The first-order valence-corrected chi connectivity index (χ1v) is 7.83. The zero-order valence-electron chi connectivity index (χ0n) is 14.0. The molecule has 3 rings (SSSR count). The summed E-state index contributed by atoms with van der Waals surface area (Å²) in [5.74, 6) is 0.270.